The van der Waals surface area contributed by atoms with Crippen molar-refractivity contribution in [1.82, 2.24) is 9.03 Å². The fraction of sp³-hybridized carbons (Fsp3) is 0.350. The predicted octanol–water partition coefficient (Wildman–Crippen LogP) is 3.29. The van der Waals surface area contributed by atoms with Crippen molar-refractivity contribution in [2.75, 3.05) is 18.9 Å². The highest BCUT2D eigenvalue weighted by molar-refractivity contribution is 7.87. The molecule has 0 spiro atoms. The van der Waals surface area contributed by atoms with Gasteiger partial charge < -0.3 is 14.8 Å². The van der Waals surface area contributed by atoms with E-state index in [1.807, 2.05) is 0 Å². The number of benzene rings is 2. The summed E-state index contributed by atoms with van der Waals surface area (Å²) in [7, 11) is -2.93. The Hall–Kier alpha value is -2.70. The summed E-state index contributed by atoms with van der Waals surface area (Å²) >= 11 is 0. The molecule has 7 nitrogen and oxygen atoms in total. The van der Waals surface area contributed by atoms with Crippen LogP contribution in [-0.4, -0.2) is 44.5 Å². The molecule has 1 saturated heterocycles. The van der Waals surface area contributed by atoms with Crippen molar-refractivity contribution in [1.29, 1.82) is 0 Å². The maximum Gasteiger partial charge on any atom is 0.573 e. The van der Waals surface area contributed by atoms with E-state index in [-0.39, 0.29) is 18.5 Å². The van der Waals surface area contributed by atoms with Gasteiger partial charge in [-0.15, -0.1) is 13.2 Å². The lowest BCUT2D eigenvalue weighted by atomic mass is 9.89. The van der Waals surface area contributed by atoms with Gasteiger partial charge in [0.1, 0.15) is 23.4 Å². The Morgan fingerprint density at radius 3 is 2.62 bits per heavy atom. The summed E-state index contributed by atoms with van der Waals surface area (Å²) in [6.07, 6.45) is -4.50. The highest BCUT2D eigenvalue weighted by Gasteiger charge is 2.48. The fourth-order valence-electron chi connectivity index (χ4n) is 3.49. The monoisotopic (exact) mass is 475 g/mol. The van der Waals surface area contributed by atoms with Crippen molar-refractivity contribution in [3.8, 4) is 5.75 Å². The van der Waals surface area contributed by atoms with Crippen LogP contribution in [0.25, 0.3) is 0 Å². The van der Waals surface area contributed by atoms with Crippen molar-refractivity contribution >= 4 is 22.2 Å². The van der Waals surface area contributed by atoms with E-state index in [9.17, 15) is 30.8 Å². The average molecular weight is 475 g/mol. The van der Waals surface area contributed by atoms with E-state index in [1.165, 1.54) is 37.4 Å². The summed E-state index contributed by atoms with van der Waals surface area (Å²) < 4.78 is 83.8. The van der Waals surface area contributed by atoms with Gasteiger partial charge in [-0.25, -0.2) is 4.39 Å². The van der Waals surface area contributed by atoms with Gasteiger partial charge in [-0.1, -0.05) is 12.1 Å². The number of carbonyl (C=O) groups is 1. The van der Waals surface area contributed by atoms with Crippen LogP contribution in [0.4, 0.5) is 23.2 Å². The molecule has 0 aromatic heterocycles. The SMILES string of the molecule is Cc1cc(NCC2(C=O)CC(c3cccc(OC(F)(F)F)c3)NS(=O)(=O)N2C)ccc1F. The molecule has 0 bridgehead atoms. The van der Waals surface area contributed by atoms with Gasteiger partial charge in [0.05, 0.1) is 6.04 Å². The standard InChI is InChI=1S/C20H21F4N3O4S/c1-13-8-15(6-7-17(13)21)25-11-19(12-28)10-18(26-32(29,30)27(19)2)14-4-3-5-16(9-14)31-20(22,23)24/h3-9,12,18,25-26H,10-11H2,1-2H3. The predicted molar refractivity (Wildman–Crippen MR) is 109 cm³/mol. The smallest absolute Gasteiger partial charge is 0.406 e. The molecule has 32 heavy (non-hydrogen) atoms. The Kier molecular flexibility index (Phi) is 6.50. The molecule has 12 heteroatoms. The van der Waals surface area contributed by atoms with Crippen LogP contribution in [0.15, 0.2) is 42.5 Å². The normalized spacial score (nSPS) is 23.5. The van der Waals surface area contributed by atoms with E-state index >= 15 is 0 Å². The molecule has 2 unspecified atom stereocenters. The number of aldehydes is 1. The molecule has 0 saturated carbocycles. The van der Waals surface area contributed by atoms with Crippen molar-refractivity contribution < 1.29 is 35.5 Å². The van der Waals surface area contributed by atoms with E-state index in [1.54, 1.807) is 6.92 Å². The number of anilines is 1. The number of aryl methyl sites for hydroxylation is 1. The molecule has 2 atom stereocenters. The lowest BCUT2D eigenvalue weighted by Crippen LogP contribution is -2.63. The first kappa shape index (κ1) is 24.0. The Bertz CT molecular complexity index is 1110. The summed E-state index contributed by atoms with van der Waals surface area (Å²) in [6, 6.07) is 8.10. The molecule has 2 aromatic rings. The quantitative estimate of drug-likeness (QED) is 0.495. The zero-order valence-corrected chi connectivity index (χ0v) is 17.9. The number of alkyl halides is 3. The van der Waals surface area contributed by atoms with Crippen LogP contribution in [0.2, 0.25) is 0 Å². The lowest BCUT2D eigenvalue weighted by Gasteiger charge is -2.44. The van der Waals surface area contributed by atoms with Gasteiger partial charge >= 0.3 is 6.36 Å². The second-order valence-electron chi connectivity index (χ2n) is 7.51. The number of nitrogens with zero attached hydrogens (tertiary/aromatic N) is 1. The molecule has 3 rings (SSSR count). The first-order valence-electron chi connectivity index (χ1n) is 9.44. The maximum absolute atomic E-state index is 13.5. The minimum absolute atomic E-state index is 0.0745. The number of likely N-dealkylation sites (N-methyl/N-ethyl adjacent to an activating group) is 1. The maximum atomic E-state index is 13.5. The average Bonchev–Trinajstić information content (AvgIpc) is 2.70. The molecular formula is C20H21F4N3O4S. The highest BCUT2D eigenvalue weighted by Crippen LogP contribution is 2.36. The molecule has 0 aliphatic carbocycles. The van der Waals surface area contributed by atoms with Crippen LogP contribution < -0.4 is 14.8 Å². The summed E-state index contributed by atoms with van der Waals surface area (Å²) in [5, 5.41) is 2.95. The van der Waals surface area contributed by atoms with Gasteiger partial charge in [-0.05, 0) is 54.8 Å². The second kappa shape index (κ2) is 8.68. The Morgan fingerprint density at radius 2 is 2.00 bits per heavy atom. The summed E-state index contributed by atoms with van der Waals surface area (Å²) in [4.78, 5) is 12.1. The van der Waals surface area contributed by atoms with Gasteiger partial charge in [0, 0.05) is 19.3 Å². The van der Waals surface area contributed by atoms with Crippen LogP contribution in [0.1, 0.15) is 23.6 Å². The van der Waals surface area contributed by atoms with Crippen molar-refractivity contribution in [2.24, 2.45) is 0 Å². The second-order valence-corrected chi connectivity index (χ2v) is 9.24. The number of carbonyl (C=O) groups excluding carboxylic acids is 1. The topological polar surface area (TPSA) is 87.7 Å². The third-order valence-corrected chi connectivity index (χ3v) is 6.97. The number of hydrogen-bond acceptors (Lipinski definition) is 5. The number of rotatable bonds is 6. The fourth-order valence-corrected chi connectivity index (χ4v) is 4.89. The molecule has 2 aromatic carbocycles. The highest BCUT2D eigenvalue weighted by atomic mass is 32.2. The van der Waals surface area contributed by atoms with E-state index in [4.69, 9.17) is 0 Å². The number of hydrogen-bond donors (Lipinski definition) is 2. The number of nitrogens with one attached hydrogen (secondary N) is 2. The zero-order chi connectivity index (χ0) is 23.7. The van der Waals surface area contributed by atoms with Crippen molar-refractivity contribution in [2.45, 2.75) is 31.3 Å². The Labute approximate surface area is 182 Å². The van der Waals surface area contributed by atoms with Crippen LogP contribution in [-0.2, 0) is 15.0 Å². The Morgan fingerprint density at radius 1 is 1.28 bits per heavy atom. The van der Waals surface area contributed by atoms with Gasteiger partial charge in [0.15, 0.2) is 0 Å². The number of ether oxygens (including phenoxy) is 1. The van der Waals surface area contributed by atoms with Crippen LogP contribution in [0.5, 0.6) is 5.75 Å². The minimum Gasteiger partial charge on any atom is -0.406 e. The first-order valence-corrected chi connectivity index (χ1v) is 10.9. The van der Waals surface area contributed by atoms with Gasteiger partial charge in [-0.2, -0.15) is 17.4 Å². The van der Waals surface area contributed by atoms with E-state index in [0.717, 1.165) is 16.4 Å². The van der Waals surface area contributed by atoms with Crippen molar-refractivity contribution in [3.05, 3.63) is 59.4 Å². The molecular weight excluding hydrogens is 454 g/mol. The van der Waals surface area contributed by atoms with E-state index < -0.39 is 39.7 Å². The van der Waals surface area contributed by atoms with E-state index in [2.05, 4.69) is 14.8 Å². The third-order valence-electron chi connectivity index (χ3n) is 5.31. The lowest BCUT2D eigenvalue weighted by molar-refractivity contribution is -0.274. The van der Waals surface area contributed by atoms with E-state index in [0.29, 0.717) is 17.5 Å². The molecule has 0 radical (unpaired) electrons. The molecule has 0 amide bonds. The van der Waals surface area contributed by atoms with Crippen LogP contribution in [0, 0.1) is 12.7 Å². The summed E-state index contributed by atoms with van der Waals surface area (Å²) in [6.45, 7) is 1.41. The molecule has 1 aliphatic rings. The molecule has 2 N–H and O–H groups in total. The minimum atomic E-state index is -4.91. The molecule has 1 aliphatic heterocycles. The van der Waals surface area contributed by atoms with Crippen LogP contribution in [0.3, 0.4) is 0 Å². The van der Waals surface area contributed by atoms with Gasteiger partial charge in [-0.3, -0.25) is 0 Å². The molecule has 1 fully saturated rings. The number of halogens is 4. The van der Waals surface area contributed by atoms with Crippen LogP contribution >= 0.6 is 0 Å². The third kappa shape index (κ3) is 5.19. The summed E-state index contributed by atoms with van der Waals surface area (Å²) in [5.74, 6) is -0.923. The van der Waals surface area contributed by atoms with Gasteiger partial charge in [0.2, 0.25) is 0 Å². The Balaban J connectivity index is 1.90. The zero-order valence-electron chi connectivity index (χ0n) is 17.1. The van der Waals surface area contributed by atoms with Gasteiger partial charge in [0.25, 0.3) is 10.2 Å². The first-order chi connectivity index (χ1) is 14.8. The van der Waals surface area contributed by atoms with Crippen molar-refractivity contribution in [3.63, 3.8) is 0 Å². The largest absolute Gasteiger partial charge is 0.573 e. The summed E-state index contributed by atoms with van der Waals surface area (Å²) in [5.41, 5.74) is -0.516. The molecule has 1 heterocycles. The molecule has 174 valence electrons.